The number of rotatable bonds is 1. The fourth-order valence-electron chi connectivity index (χ4n) is 0.954. The van der Waals surface area contributed by atoms with Gasteiger partial charge in [-0.3, -0.25) is 4.68 Å². The molecule has 0 aliphatic rings. The first-order valence-corrected chi connectivity index (χ1v) is 4.30. The summed E-state index contributed by atoms with van der Waals surface area (Å²) in [4.78, 5) is 0. The predicted molar refractivity (Wildman–Crippen MR) is 48.7 cm³/mol. The second kappa shape index (κ2) is 2.60. The van der Waals surface area contributed by atoms with Crippen LogP contribution in [0.2, 0.25) is 0 Å². The topological polar surface area (TPSA) is 56.7 Å². The quantitative estimate of drug-likeness (QED) is 0.715. The lowest BCUT2D eigenvalue weighted by atomic mass is 10.3. The fraction of sp³-hybridized carbons (Fsp3) is 0.143. The zero-order valence-electron chi connectivity index (χ0n) is 6.56. The number of nitrogens with two attached hydrogens (primary N) is 1. The number of aromatic nitrogens is 3. The van der Waals surface area contributed by atoms with E-state index in [1.807, 2.05) is 18.5 Å². The average molecular weight is 180 g/mol. The van der Waals surface area contributed by atoms with E-state index < -0.39 is 0 Å². The highest BCUT2D eigenvalue weighted by atomic mass is 32.1. The first-order chi connectivity index (χ1) is 5.77. The molecule has 12 heavy (non-hydrogen) atoms. The first-order valence-electron chi connectivity index (χ1n) is 3.46. The van der Waals surface area contributed by atoms with E-state index in [9.17, 15) is 0 Å². The largest absolute Gasteiger partial charge is 0.384 e. The molecule has 2 N–H and O–H groups in total. The Bertz CT molecular complexity index is 357. The molecule has 2 aromatic rings. The summed E-state index contributed by atoms with van der Waals surface area (Å²) in [5.74, 6) is 0.663. The molecule has 0 spiro atoms. The highest BCUT2D eigenvalue weighted by Crippen LogP contribution is 2.20. The molecule has 0 amide bonds. The van der Waals surface area contributed by atoms with Crippen molar-refractivity contribution in [1.29, 1.82) is 0 Å². The third-order valence-electron chi connectivity index (χ3n) is 1.64. The molecule has 5 heteroatoms. The van der Waals surface area contributed by atoms with Gasteiger partial charge in [0.15, 0.2) is 0 Å². The van der Waals surface area contributed by atoms with Crippen molar-refractivity contribution in [3.8, 4) is 11.3 Å². The van der Waals surface area contributed by atoms with Crippen LogP contribution in [0.25, 0.3) is 11.3 Å². The SMILES string of the molecule is Cn1nc(-c2cnsc2)cc1N. The second-order valence-corrected chi connectivity index (χ2v) is 3.15. The van der Waals surface area contributed by atoms with Crippen LogP contribution < -0.4 is 5.73 Å². The van der Waals surface area contributed by atoms with E-state index >= 15 is 0 Å². The maximum Gasteiger partial charge on any atom is 0.121 e. The highest BCUT2D eigenvalue weighted by molar-refractivity contribution is 7.03. The summed E-state index contributed by atoms with van der Waals surface area (Å²) in [6.45, 7) is 0. The van der Waals surface area contributed by atoms with Gasteiger partial charge in [-0.25, -0.2) is 4.37 Å². The molecule has 0 aromatic carbocycles. The van der Waals surface area contributed by atoms with Crippen molar-refractivity contribution in [2.24, 2.45) is 7.05 Å². The van der Waals surface area contributed by atoms with Crippen LogP contribution in [0.15, 0.2) is 17.6 Å². The molecule has 0 aliphatic heterocycles. The van der Waals surface area contributed by atoms with Crippen molar-refractivity contribution in [2.75, 3.05) is 5.73 Å². The van der Waals surface area contributed by atoms with Crippen molar-refractivity contribution in [2.45, 2.75) is 0 Å². The maximum atomic E-state index is 5.63. The Morgan fingerprint density at radius 3 is 2.92 bits per heavy atom. The molecule has 0 saturated carbocycles. The average Bonchev–Trinajstić information content (AvgIpc) is 2.61. The lowest BCUT2D eigenvalue weighted by Crippen LogP contribution is -1.96. The minimum Gasteiger partial charge on any atom is -0.384 e. The van der Waals surface area contributed by atoms with Crippen molar-refractivity contribution >= 4 is 17.4 Å². The van der Waals surface area contributed by atoms with Gasteiger partial charge in [-0.05, 0) is 11.5 Å². The Labute approximate surface area is 73.8 Å². The molecule has 0 atom stereocenters. The van der Waals surface area contributed by atoms with E-state index in [4.69, 9.17) is 5.73 Å². The van der Waals surface area contributed by atoms with Gasteiger partial charge >= 0.3 is 0 Å². The molecule has 2 aromatic heterocycles. The normalized spacial score (nSPS) is 10.4. The van der Waals surface area contributed by atoms with Crippen LogP contribution in [0.5, 0.6) is 0 Å². The van der Waals surface area contributed by atoms with Gasteiger partial charge in [0.25, 0.3) is 0 Å². The molecule has 4 nitrogen and oxygen atoms in total. The minimum absolute atomic E-state index is 0.663. The van der Waals surface area contributed by atoms with E-state index in [1.54, 1.807) is 10.9 Å². The van der Waals surface area contributed by atoms with Gasteiger partial charge in [-0.1, -0.05) is 0 Å². The van der Waals surface area contributed by atoms with Gasteiger partial charge in [0.1, 0.15) is 5.82 Å². The zero-order valence-corrected chi connectivity index (χ0v) is 7.38. The summed E-state index contributed by atoms with van der Waals surface area (Å²) in [5, 5.41) is 6.16. The molecular weight excluding hydrogens is 172 g/mol. The summed E-state index contributed by atoms with van der Waals surface area (Å²) in [5.41, 5.74) is 7.53. The lowest BCUT2D eigenvalue weighted by molar-refractivity contribution is 0.782. The van der Waals surface area contributed by atoms with Crippen molar-refractivity contribution in [3.05, 3.63) is 17.6 Å². The Kier molecular flexibility index (Phi) is 1.58. The lowest BCUT2D eigenvalue weighted by Gasteiger charge is -1.88. The van der Waals surface area contributed by atoms with Crippen LogP contribution >= 0.6 is 11.5 Å². The number of hydrogen-bond acceptors (Lipinski definition) is 4. The smallest absolute Gasteiger partial charge is 0.121 e. The Morgan fingerprint density at radius 1 is 1.58 bits per heavy atom. The molecule has 0 unspecified atom stereocenters. The van der Waals surface area contributed by atoms with Crippen LogP contribution in [0.1, 0.15) is 0 Å². The number of anilines is 1. The fourth-order valence-corrected chi connectivity index (χ4v) is 1.48. The molecule has 2 rings (SSSR count). The van der Waals surface area contributed by atoms with E-state index in [0.29, 0.717) is 5.82 Å². The minimum atomic E-state index is 0.663. The standard InChI is InChI=1S/C7H8N4S/c1-11-7(8)2-6(10-11)5-3-9-12-4-5/h2-4H,8H2,1H3. The predicted octanol–water partition coefficient (Wildman–Crippen LogP) is 1.13. The molecule has 0 aliphatic carbocycles. The monoisotopic (exact) mass is 180 g/mol. The van der Waals surface area contributed by atoms with Gasteiger partial charge in [-0.2, -0.15) is 5.10 Å². The molecule has 0 saturated heterocycles. The summed E-state index contributed by atoms with van der Waals surface area (Å²) < 4.78 is 5.63. The van der Waals surface area contributed by atoms with Gasteiger partial charge in [-0.15, -0.1) is 0 Å². The second-order valence-electron chi connectivity index (χ2n) is 2.49. The maximum absolute atomic E-state index is 5.63. The summed E-state index contributed by atoms with van der Waals surface area (Å²) in [6.07, 6.45) is 1.78. The van der Waals surface area contributed by atoms with E-state index in [0.717, 1.165) is 11.3 Å². The third kappa shape index (κ3) is 1.08. The molecule has 2 heterocycles. The third-order valence-corrected chi connectivity index (χ3v) is 2.23. The zero-order chi connectivity index (χ0) is 8.55. The van der Waals surface area contributed by atoms with E-state index in [1.165, 1.54) is 11.5 Å². The van der Waals surface area contributed by atoms with Crippen LogP contribution in [0.3, 0.4) is 0 Å². The van der Waals surface area contributed by atoms with Gasteiger partial charge in [0, 0.05) is 24.1 Å². The van der Waals surface area contributed by atoms with Crippen LogP contribution in [-0.2, 0) is 7.05 Å². The Balaban J connectivity index is 2.48. The van der Waals surface area contributed by atoms with Crippen molar-refractivity contribution in [3.63, 3.8) is 0 Å². The van der Waals surface area contributed by atoms with E-state index in [2.05, 4.69) is 9.47 Å². The number of nitrogen functional groups attached to an aromatic ring is 1. The number of aryl methyl sites for hydroxylation is 1. The first kappa shape index (κ1) is 7.30. The summed E-state index contributed by atoms with van der Waals surface area (Å²) in [7, 11) is 1.82. The Hall–Kier alpha value is -1.36. The Morgan fingerprint density at radius 2 is 2.42 bits per heavy atom. The summed E-state index contributed by atoms with van der Waals surface area (Å²) >= 11 is 1.41. The molecule has 0 radical (unpaired) electrons. The van der Waals surface area contributed by atoms with Crippen LogP contribution in [0.4, 0.5) is 5.82 Å². The molecule has 0 bridgehead atoms. The summed E-state index contributed by atoms with van der Waals surface area (Å²) in [6, 6.07) is 1.84. The van der Waals surface area contributed by atoms with Crippen molar-refractivity contribution < 1.29 is 0 Å². The van der Waals surface area contributed by atoms with Gasteiger partial charge in [0.2, 0.25) is 0 Å². The highest BCUT2D eigenvalue weighted by Gasteiger charge is 2.04. The molecule has 62 valence electrons. The van der Waals surface area contributed by atoms with Crippen molar-refractivity contribution in [1.82, 2.24) is 14.2 Å². The van der Waals surface area contributed by atoms with Gasteiger partial charge < -0.3 is 5.73 Å². The molecule has 0 fully saturated rings. The van der Waals surface area contributed by atoms with Gasteiger partial charge in [0.05, 0.1) is 11.9 Å². The van der Waals surface area contributed by atoms with E-state index in [-0.39, 0.29) is 0 Å². The molecular formula is C7H8N4S. The van der Waals surface area contributed by atoms with Crippen LogP contribution in [-0.4, -0.2) is 14.2 Å². The number of nitrogens with zero attached hydrogens (tertiary/aromatic N) is 3. The number of hydrogen-bond donors (Lipinski definition) is 1. The van der Waals surface area contributed by atoms with Crippen LogP contribution in [0, 0.1) is 0 Å².